The molecule has 19 heavy (non-hydrogen) atoms. The van der Waals surface area contributed by atoms with E-state index in [1.165, 1.54) is 0 Å². The van der Waals surface area contributed by atoms with Gasteiger partial charge in [0, 0.05) is 5.56 Å². The van der Waals surface area contributed by atoms with Gasteiger partial charge in [0.2, 0.25) is 0 Å². The summed E-state index contributed by atoms with van der Waals surface area (Å²) in [5.41, 5.74) is 1.03. The second kappa shape index (κ2) is 4.72. The van der Waals surface area contributed by atoms with Gasteiger partial charge in [-0.05, 0) is 18.2 Å². The van der Waals surface area contributed by atoms with Crippen molar-refractivity contribution in [1.29, 1.82) is 0 Å². The smallest absolute Gasteiger partial charge is 0.262 e. The molecule has 0 atom stereocenters. The molecular weight excluding hydrogens is 248 g/mol. The average molecular weight is 260 g/mol. The fourth-order valence-electron chi connectivity index (χ4n) is 1.98. The first-order chi connectivity index (χ1) is 9.22. The van der Waals surface area contributed by atoms with E-state index >= 15 is 0 Å². The van der Waals surface area contributed by atoms with Gasteiger partial charge in [-0.25, -0.2) is 0 Å². The fourth-order valence-corrected chi connectivity index (χ4v) is 1.98. The monoisotopic (exact) mass is 260 g/mol. The number of ether oxygens (including phenoxy) is 2. The molecule has 0 aromatic heterocycles. The quantitative estimate of drug-likeness (QED) is 0.823. The minimum atomic E-state index is -0.222. The van der Waals surface area contributed by atoms with E-state index in [1.807, 2.05) is 0 Å². The van der Waals surface area contributed by atoms with Crippen LogP contribution in [0, 0.1) is 0 Å². The van der Waals surface area contributed by atoms with Crippen LogP contribution in [-0.2, 0) is 9.53 Å². The fraction of sp³-hybridized carbons (Fsp3) is 0.308. The molecule has 0 saturated heterocycles. The maximum atomic E-state index is 12.1. The van der Waals surface area contributed by atoms with Crippen LogP contribution in [0.5, 0.6) is 5.75 Å². The molecule has 2 aliphatic rings. The predicted molar refractivity (Wildman–Crippen MR) is 67.8 cm³/mol. The molecular formula is C13H12N2O4. The molecule has 0 unspecified atom stereocenters. The van der Waals surface area contributed by atoms with Gasteiger partial charge < -0.3 is 14.8 Å². The lowest BCUT2D eigenvalue weighted by Gasteiger charge is -2.18. The second-order valence-electron chi connectivity index (χ2n) is 4.27. The molecule has 1 aromatic rings. The van der Waals surface area contributed by atoms with Crippen molar-refractivity contribution in [1.82, 2.24) is 0 Å². The molecule has 0 aliphatic carbocycles. The number of nitrogens with zero attached hydrogens (tertiary/aromatic N) is 1. The number of Topliss-reactive ketones (excluding diaryl/α,β-unsaturated/α-hetero) is 1. The molecule has 6 heteroatoms. The summed E-state index contributed by atoms with van der Waals surface area (Å²) >= 11 is 0. The first kappa shape index (κ1) is 11.7. The second-order valence-corrected chi connectivity index (χ2v) is 4.27. The molecule has 0 saturated carbocycles. The van der Waals surface area contributed by atoms with E-state index in [1.54, 1.807) is 18.2 Å². The van der Waals surface area contributed by atoms with Crippen molar-refractivity contribution in [3.8, 4) is 5.75 Å². The van der Waals surface area contributed by atoms with E-state index < -0.39 is 0 Å². The number of fused-ring (bicyclic) bond motifs is 1. The number of nitrogens with one attached hydrogen (secondary N) is 1. The van der Waals surface area contributed by atoms with Crippen LogP contribution < -0.4 is 10.1 Å². The summed E-state index contributed by atoms with van der Waals surface area (Å²) in [6, 6.07) is 4.97. The lowest BCUT2D eigenvalue weighted by Crippen LogP contribution is -2.25. The van der Waals surface area contributed by atoms with Gasteiger partial charge in [0.05, 0.1) is 18.7 Å². The summed E-state index contributed by atoms with van der Waals surface area (Å²) in [5, 5.41) is 2.67. The highest BCUT2D eigenvalue weighted by Gasteiger charge is 2.19. The summed E-state index contributed by atoms with van der Waals surface area (Å²) in [6.45, 7) is 1.15. The Morgan fingerprint density at radius 3 is 3.05 bits per heavy atom. The first-order valence-electron chi connectivity index (χ1n) is 5.98. The van der Waals surface area contributed by atoms with Crippen LogP contribution in [-0.4, -0.2) is 37.3 Å². The van der Waals surface area contributed by atoms with Gasteiger partial charge >= 0.3 is 0 Å². The SMILES string of the molecule is O=C1COc2ccc(C(=O)CC3=NCCO3)cc2N1. The van der Waals surface area contributed by atoms with E-state index in [0.29, 0.717) is 36.0 Å². The van der Waals surface area contributed by atoms with Gasteiger partial charge in [-0.2, -0.15) is 0 Å². The minimum Gasteiger partial charge on any atom is -0.482 e. The Labute approximate surface area is 109 Å². The van der Waals surface area contributed by atoms with E-state index in [-0.39, 0.29) is 24.7 Å². The zero-order valence-corrected chi connectivity index (χ0v) is 10.1. The summed E-state index contributed by atoms with van der Waals surface area (Å²) in [7, 11) is 0. The molecule has 1 N–H and O–H groups in total. The predicted octanol–water partition coefficient (Wildman–Crippen LogP) is 1.02. The Kier molecular flexibility index (Phi) is 2.91. The van der Waals surface area contributed by atoms with Gasteiger partial charge in [-0.3, -0.25) is 14.6 Å². The number of hydrogen-bond acceptors (Lipinski definition) is 5. The number of carbonyl (C=O) groups excluding carboxylic acids is 2. The Balaban J connectivity index is 1.79. The number of benzene rings is 1. The Morgan fingerprint density at radius 2 is 2.26 bits per heavy atom. The number of ketones is 1. The van der Waals surface area contributed by atoms with Gasteiger partial charge in [-0.15, -0.1) is 0 Å². The highest BCUT2D eigenvalue weighted by molar-refractivity contribution is 6.08. The van der Waals surface area contributed by atoms with Crippen LogP contribution >= 0.6 is 0 Å². The first-order valence-corrected chi connectivity index (χ1v) is 5.98. The van der Waals surface area contributed by atoms with Crippen molar-refractivity contribution in [2.24, 2.45) is 4.99 Å². The molecule has 2 aliphatic heterocycles. The van der Waals surface area contributed by atoms with E-state index in [2.05, 4.69) is 10.3 Å². The van der Waals surface area contributed by atoms with Crippen LogP contribution in [0.1, 0.15) is 16.8 Å². The number of rotatable bonds is 3. The minimum absolute atomic E-state index is 0.00490. The number of amides is 1. The van der Waals surface area contributed by atoms with Crippen molar-refractivity contribution in [2.45, 2.75) is 6.42 Å². The van der Waals surface area contributed by atoms with Gasteiger partial charge in [0.25, 0.3) is 5.91 Å². The molecule has 6 nitrogen and oxygen atoms in total. The van der Waals surface area contributed by atoms with Crippen molar-refractivity contribution in [3.05, 3.63) is 23.8 Å². The zero-order chi connectivity index (χ0) is 13.2. The maximum Gasteiger partial charge on any atom is 0.262 e. The molecule has 1 amide bonds. The van der Waals surface area contributed by atoms with Crippen LogP contribution in [0.2, 0.25) is 0 Å². The zero-order valence-electron chi connectivity index (χ0n) is 10.1. The summed E-state index contributed by atoms with van der Waals surface area (Å²) in [4.78, 5) is 27.4. The topological polar surface area (TPSA) is 77.0 Å². The molecule has 3 rings (SSSR count). The Hall–Kier alpha value is -2.37. The summed E-state index contributed by atoms with van der Waals surface area (Å²) < 4.78 is 10.4. The maximum absolute atomic E-state index is 12.1. The van der Waals surface area contributed by atoms with E-state index in [0.717, 1.165) is 0 Å². The highest BCUT2D eigenvalue weighted by Crippen LogP contribution is 2.28. The Bertz CT molecular complexity index is 580. The lowest BCUT2D eigenvalue weighted by atomic mass is 10.1. The highest BCUT2D eigenvalue weighted by atomic mass is 16.5. The van der Waals surface area contributed by atoms with Gasteiger partial charge in [0.15, 0.2) is 18.3 Å². The molecule has 2 heterocycles. The third-order valence-corrected chi connectivity index (χ3v) is 2.89. The average Bonchev–Trinajstić information content (AvgIpc) is 2.90. The van der Waals surface area contributed by atoms with E-state index in [4.69, 9.17) is 9.47 Å². The molecule has 0 radical (unpaired) electrons. The van der Waals surface area contributed by atoms with Crippen LogP contribution in [0.4, 0.5) is 5.69 Å². The standard InChI is InChI=1S/C13H12N2O4/c16-10(6-13-14-3-4-18-13)8-1-2-11-9(5-8)15-12(17)7-19-11/h1-2,5H,3-4,6-7H2,(H,15,17). The summed E-state index contributed by atoms with van der Waals surface area (Å²) in [5.74, 6) is 0.734. The molecule has 98 valence electrons. The third-order valence-electron chi connectivity index (χ3n) is 2.89. The summed E-state index contributed by atoms with van der Waals surface area (Å²) in [6.07, 6.45) is 0.146. The number of hydrogen-bond donors (Lipinski definition) is 1. The number of carbonyl (C=O) groups is 2. The van der Waals surface area contributed by atoms with Crippen molar-refractivity contribution < 1.29 is 19.1 Å². The number of anilines is 1. The van der Waals surface area contributed by atoms with Crippen LogP contribution in [0.3, 0.4) is 0 Å². The Morgan fingerprint density at radius 1 is 1.37 bits per heavy atom. The number of aliphatic imine (C=N–C) groups is 1. The van der Waals surface area contributed by atoms with Crippen molar-refractivity contribution in [3.63, 3.8) is 0 Å². The lowest BCUT2D eigenvalue weighted by molar-refractivity contribution is -0.118. The third kappa shape index (κ3) is 2.42. The normalized spacial score (nSPS) is 16.8. The van der Waals surface area contributed by atoms with Gasteiger partial charge in [0.1, 0.15) is 12.4 Å². The largest absolute Gasteiger partial charge is 0.482 e. The van der Waals surface area contributed by atoms with Crippen molar-refractivity contribution in [2.75, 3.05) is 25.1 Å². The molecule has 0 spiro atoms. The van der Waals surface area contributed by atoms with Crippen LogP contribution in [0.15, 0.2) is 23.2 Å². The molecule has 0 bridgehead atoms. The van der Waals surface area contributed by atoms with Crippen LogP contribution in [0.25, 0.3) is 0 Å². The van der Waals surface area contributed by atoms with Gasteiger partial charge in [-0.1, -0.05) is 0 Å². The molecule has 1 aromatic carbocycles. The van der Waals surface area contributed by atoms with Crippen molar-refractivity contribution >= 4 is 23.3 Å². The van der Waals surface area contributed by atoms with E-state index in [9.17, 15) is 9.59 Å². The molecule has 0 fully saturated rings.